The summed E-state index contributed by atoms with van der Waals surface area (Å²) < 4.78 is 5.86. The highest BCUT2D eigenvalue weighted by atomic mass is 16.5. The van der Waals surface area contributed by atoms with E-state index in [1.54, 1.807) is 18.2 Å². The van der Waals surface area contributed by atoms with Crippen molar-refractivity contribution in [2.45, 2.75) is 59.0 Å². The Morgan fingerprint density at radius 2 is 1.72 bits per heavy atom. The molecule has 2 rings (SSSR count). The first-order chi connectivity index (χ1) is 13.9. The molecule has 0 amide bonds. The van der Waals surface area contributed by atoms with Gasteiger partial charge in [0, 0.05) is 0 Å². The fraction of sp³-hybridized carbons (Fsp3) is 0.360. The van der Waals surface area contributed by atoms with Crippen LogP contribution >= 0.6 is 0 Å². The predicted octanol–water partition coefficient (Wildman–Crippen LogP) is 4.76. The van der Waals surface area contributed by atoms with Crippen molar-refractivity contribution < 1.29 is 20.1 Å². The van der Waals surface area contributed by atoms with Crippen LogP contribution in [0.4, 0.5) is 0 Å². The van der Waals surface area contributed by atoms with E-state index in [0.29, 0.717) is 36.3 Å². The van der Waals surface area contributed by atoms with E-state index in [0.717, 1.165) is 16.7 Å². The standard InChI is InChI=1S/C25H32O4/c1-4-25(28,5-2)13-7-8-19(3)21-10-6-9-20(14-21)18-29-24-12-11-22(16-26)23(15-24)17-27/h6-15,26-28H,4-5,16-18H2,1-3H3/b13-7+,19-8+. The zero-order chi connectivity index (χ0) is 21.3. The number of aliphatic hydroxyl groups is 3. The lowest BCUT2D eigenvalue weighted by Gasteiger charge is -2.19. The summed E-state index contributed by atoms with van der Waals surface area (Å²) in [7, 11) is 0. The SMILES string of the molecule is CCC(O)(/C=C/C=C(\C)c1cccc(COc2ccc(CO)c(CO)c2)c1)CC. The van der Waals surface area contributed by atoms with Crippen molar-refractivity contribution in [2.24, 2.45) is 0 Å². The van der Waals surface area contributed by atoms with Crippen LogP contribution in [0, 0.1) is 0 Å². The largest absolute Gasteiger partial charge is 0.489 e. The lowest BCUT2D eigenvalue weighted by molar-refractivity contribution is 0.0828. The van der Waals surface area contributed by atoms with Crippen LogP contribution in [-0.2, 0) is 19.8 Å². The zero-order valence-corrected chi connectivity index (χ0v) is 17.6. The molecule has 0 bridgehead atoms. The average molecular weight is 397 g/mol. The summed E-state index contributed by atoms with van der Waals surface area (Å²) in [6.45, 7) is 6.18. The van der Waals surface area contributed by atoms with E-state index in [1.165, 1.54) is 0 Å². The van der Waals surface area contributed by atoms with Gasteiger partial charge in [-0.15, -0.1) is 0 Å². The Labute approximate surface area is 173 Å². The number of aliphatic hydroxyl groups excluding tert-OH is 2. The maximum atomic E-state index is 10.3. The Balaban J connectivity index is 2.07. The summed E-state index contributed by atoms with van der Waals surface area (Å²) in [5.74, 6) is 0.658. The summed E-state index contributed by atoms with van der Waals surface area (Å²) in [6.07, 6.45) is 7.17. The maximum Gasteiger partial charge on any atom is 0.120 e. The fourth-order valence-electron chi connectivity index (χ4n) is 3.02. The minimum atomic E-state index is -0.745. The van der Waals surface area contributed by atoms with Crippen molar-refractivity contribution in [2.75, 3.05) is 0 Å². The lowest BCUT2D eigenvalue weighted by Crippen LogP contribution is -2.22. The molecule has 0 saturated heterocycles. The molecule has 0 aliphatic carbocycles. The summed E-state index contributed by atoms with van der Waals surface area (Å²) in [5, 5.41) is 29.0. The Bertz CT molecular complexity index is 848. The van der Waals surface area contributed by atoms with Gasteiger partial charge in [-0.25, -0.2) is 0 Å². The van der Waals surface area contributed by atoms with E-state index in [4.69, 9.17) is 4.74 Å². The number of ether oxygens (including phenoxy) is 1. The summed E-state index contributed by atoms with van der Waals surface area (Å²) in [5.41, 5.74) is 3.86. The molecule has 0 unspecified atom stereocenters. The van der Waals surface area contributed by atoms with E-state index in [9.17, 15) is 15.3 Å². The van der Waals surface area contributed by atoms with Gasteiger partial charge in [0.25, 0.3) is 0 Å². The van der Waals surface area contributed by atoms with Gasteiger partial charge in [-0.05, 0) is 65.8 Å². The van der Waals surface area contributed by atoms with Crippen molar-refractivity contribution in [1.82, 2.24) is 0 Å². The van der Waals surface area contributed by atoms with Gasteiger partial charge in [0.15, 0.2) is 0 Å². The van der Waals surface area contributed by atoms with Gasteiger partial charge < -0.3 is 20.1 Å². The number of allylic oxidation sites excluding steroid dienone is 3. The molecule has 3 N–H and O–H groups in total. The van der Waals surface area contributed by atoms with Gasteiger partial charge in [-0.1, -0.05) is 56.3 Å². The van der Waals surface area contributed by atoms with Crippen LogP contribution in [0.25, 0.3) is 5.57 Å². The molecule has 2 aromatic carbocycles. The van der Waals surface area contributed by atoms with Crippen LogP contribution in [0.1, 0.15) is 55.9 Å². The Hall–Kier alpha value is -2.40. The van der Waals surface area contributed by atoms with E-state index in [2.05, 4.69) is 12.1 Å². The van der Waals surface area contributed by atoms with E-state index < -0.39 is 5.60 Å². The first-order valence-electron chi connectivity index (χ1n) is 10.1. The normalized spacial score (nSPS) is 12.6. The zero-order valence-electron chi connectivity index (χ0n) is 17.6. The third-order valence-corrected chi connectivity index (χ3v) is 5.28. The molecule has 0 aliphatic rings. The molecule has 0 spiro atoms. The topological polar surface area (TPSA) is 69.9 Å². The highest BCUT2D eigenvalue weighted by molar-refractivity contribution is 5.65. The van der Waals surface area contributed by atoms with Crippen LogP contribution in [-0.4, -0.2) is 20.9 Å². The van der Waals surface area contributed by atoms with Crippen LogP contribution in [0.15, 0.2) is 60.7 Å². The summed E-state index contributed by atoms with van der Waals surface area (Å²) >= 11 is 0. The molecule has 4 nitrogen and oxygen atoms in total. The van der Waals surface area contributed by atoms with Crippen molar-refractivity contribution in [3.8, 4) is 5.75 Å². The second kappa shape index (κ2) is 11.0. The van der Waals surface area contributed by atoms with Gasteiger partial charge in [0.1, 0.15) is 12.4 Å². The summed E-state index contributed by atoms with van der Waals surface area (Å²) in [4.78, 5) is 0. The first kappa shape index (κ1) is 22.9. The Kier molecular flexibility index (Phi) is 8.65. The monoisotopic (exact) mass is 396 g/mol. The van der Waals surface area contributed by atoms with Gasteiger partial charge in [-0.2, -0.15) is 0 Å². The molecule has 0 radical (unpaired) electrons. The molecule has 0 aromatic heterocycles. The molecule has 0 heterocycles. The smallest absolute Gasteiger partial charge is 0.120 e. The highest BCUT2D eigenvalue weighted by Crippen LogP contribution is 2.22. The van der Waals surface area contributed by atoms with Gasteiger partial charge in [0.2, 0.25) is 0 Å². The molecule has 156 valence electrons. The van der Waals surface area contributed by atoms with Crippen molar-refractivity contribution in [1.29, 1.82) is 0 Å². The predicted molar refractivity (Wildman–Crippen MR) is 117 cm³/mol. The number of benzene rings is 2. The van der Waals surface area contributed by atoms with Crippen molar-refractivity contribution in [3.63, 3.8) is 0 Å². The molecule has 29 heavy (non-hydrogen) atoms. The van der Waals surface area contributed by atoms with Crippen molar-refractivity contribution in [3.05, 3.63) is 82.9 Å². The third kappa shape index (κ3) is 6.57. The molecule has 0 aliphatic heterocycles. The quantitative estimate of drug-likeness (QED) is 0.507. The first-order valence-corrected chi connectivity index (χ1v) is 10.1. The van der Waals surface area contributed by atoms with E-state index >= 15 is 0 Å². The van der Waals surface area contributed by atoms with Gasteiger partial charge in [0.05, 0.1) is 18.8 Å². The average Bonchev–Trinajstić information content (AvgIpc) is 2.77. The fourth-order valence-corrected chi connectivity index (χ4v) is 3.02. The molecule has 0 saturated carbocycles. The third-order valence-electron chi connectivity index (χ3n) is 5.28. The maximum absolute atomic E-state index is 10.3. The van der Waals surface area contributed by atoms with Crippen LogP contribution < -0.4 is 4.74 Å². The Morgan fingerprint density at radius 3 is 2.38 bits per heavy atom. The van der Waals surface area contributed by atoms with Crippen molar-refractivity contribution >= 4 is 5.57 Å². The second-order valence-electron chi connectivity index (χ2n) is 7.26. The van der Waals surface area contributed by atoms with Crippen LogP contribution in [0.5, 0.6) is 5.75 Å². The highest BCUT2D eigenvalue weighted by Gasteiger charge is 2.16. The molecule has 4 heteroatoms. The summed E-state index contributed by atoms with van der Waals surface area (Å²) in [6, 6.07) is 13.5. The number of rotatable bonds is 10. The molecular formula is C25H32O4. The molecular weight excluding hydrogens is 364 g/mol. The Morgan fingerprint density at radius 1 is 1.00 bits per heavy atom. The minimum absolute atomic E-state index is 0.105. The van der Waals surface area contributed by atoms with E-state index in [1.807, 2.05) is 51.1 Å². The van der Waals surface area contributed by atoms with Crippen LogP contribution in [0.3, 0.4) is 0 Å². The molecule has 0 atom stereocenters. The van der Waals surface area contributed by atoms with Crippen LogP contribution in [0.2, 0.25) is 0 Å². The minimum Gasteiger partial charge on any atom is -0.489 e. The van der Waals surface area contributed by atoms with E-state index in [-0.39, 0.29) is 13.2 Å². The number of hydrogen-bond acceptors (Lipinski definition) is 4. The second-order valence-corrected chi connectivity index (χ2v) is 7.26. The van der Waals surface area contributed by atoms with Gasteiger partial charge in [-0.3, -0.25) is 0 Å². The van der Waals surface area contributed by atoms with Gasteiger partial charge >= 0.3 is 0 Å². The number of hydrogen-bond donors (Lipinski definition) is 3. The lowest BCUT2D eigenvalue weighted by atomic mass is 9.96. The molecule has 2 aromatic rings. The molecule has 0 fully saturated rings.